The third-order valence-corrected chi connectivity index (χ3v) is 6.63. The van der Waals surface area contributed by atoms with Crippen LogP contribution in [0.3, 0.4) is 0 Å². The fourth-order valence-corrected chi connectivity index (χ4v) is 4.58. The van der Waals surface area contributed by atoms with Crippen molar-refractivity contribution in [1.29, 1.82) is 0 Å². The molecule has 0 aliphatic carbocycles. The second-order valence-corrected chi connectivity index (χ2v) is 9.30. The predicted octanol–water partition coefficient (Wildman–Crippen LogP) is 3.33. The molecule has 1 fully saturated rings. The summed E-state index contributed by atoms with van der Waals surface area (Å²) in [7, 11) is -6.94. The minimum atomic E-state index is -7.43. The lowest BCUT2D eigenvalue weighted by molar-refractivity contribution is -0.382. The summed E-state index contributed by atoms with van der Waals surface area (Å²) in [6.45, 7) is 1.71. The van der Waals surface area contributed by atoms with Crippen molar-refractivity contribution in [1.82, 2.24) is 0 Å². The molecule has 0 radical (unpaired) electrons. The maximum absolute atomic E-state index is 12.2. The zero-order valence-corrected chi connectivity index (χ0v) is 15.2. The fraction of sp³-hybridized carbons (Fsp3) is 0.917. The van der Waals surface area contributed by atoms with Crippen molar-refractivity contribution in [2.45, 2.75) is 49.5 Å². The molecule has 0 aromatic rings. The number of Topliss-reactive ketones (excluding diaryl/α,β-unsaturated/α-hetero) is 1. The van der Waals surface area contributed by atoms with Crippen molar-refractivity contribution in [2.24, 2.45) is 0 Å². The van der Waals surface area contributed by atoms with Gasteiger partial charge in [0.2, 0.25) is 0 Å². The van der Waals surface area contributed by atoms with Gasteiger partial charge in [0.15, 0.2) is 21.7 Å². The lowest BCUT2D eigenvalue weighted by atomic mass is 10.1. The Bertz CT molecular complexity index is 611. The summed E-state index contributed by atoms with van der Waals surface area (Å²) in [6, 6.07) is 0. The van der Waals surface area contributed by atoms with Crippen LogP contribution in [0.15, 0.2) is 0 Å². The van der Waals surface area contributed by atoms with Crippen molar-refractivity contribution in [3.05, 3.63) is 0 Å². The molecule has 0 saturated carbocycles. The molecule has 1 rings (SSSR count). The highest BCUT2D eigenvalue weighted by Crippen LogP contribution is 2.54. The predicted molar refractivity (Wildman–Crippen MR) is 77.1 cm³/mol. The molecule has 1 saturated heterocycles. The van der Waals surface area contributed by atoms with E-state index in [4.69, 9.17) is 0 Å². The topological polar surface area (TPSA) is 74.3 Å². The molecule has 4 nitrogen and oxygen atoms in total. The van der Waals surface area contributed by atoms with E-state index in [9.17, 15) is 57.3 Å². The molecule has 1 aliphatic rings. The number of rotatable bonds is 5. The molecule has 0 bridgehead atoms. The molecule has 1 heterocycles. The highest BCUT2D eigenvalue weighted by Gasteiger charge is 2.83. The lowest BCUT2D eigenvalue weighted by Gasteiger charge is -2.34. The van der Waals surface area contributed by atoms with Crippen LogP contribution in [-0.4, -0.2) is 59.3 Å². The normalized spacial score (nSPS) is 17.9. The number of carbonyl (C=O) groups excluding carboxylic acids is 1. The summed E-state index contributed by atoms with van der Waals surface area (Å²) in [5.41, 5.74) is 0. The van der Waals surface area contributed by atoms with Gasteiger partial charge in [-0.3, -0.25) is 4.79 Å². The van der Waals surface area contributed by atoms with E-state index in [1.54, 1.807) is 6.92 Å². The number of carbonyl (C=O) groups is 1. The van der Waals surface area contributed by atoms with E-state index in [2.05, 4.69) is 0 Å². The lowest BCUT2D eigenvalue weighted by Crippen LogP contribution is -2.63. The van der Waals surface area contributed by atoms with Gasteiger partial charge in [-0.2, -0.15) is 39.5 Å². The Balaban J connectivity index is 0.000000569. The van der Waals surface area contributed by atoms with Gasteiger partial charge in [0.05, 0.1) is 0 Å². The van der Waals surface area contributed by atoms with Crippen molar-refractivity contribution in [3.63, 3.8) is 0 Å². The van der Waals surface area contributed by atoms with Gasteiger partial charge >= 0.3 is 23.3 Å². The van der Waals surface area contributed by atoms with Crippen LogP contribution in [0.25, 0.3) is 0 Å². The molecular weight excluding hydrogens is 443 g/mol. The molecule has 0 N–H and O–H groups in total. The fourth-order valence-electron chi connectivity index (χ4n) is 1.84. The molecule has 0 unspecified atom stereocenters. The van der Waals surface area contributed by atoms with Crippen molar-refractivity contribution in [3.8, 4) is 0 Å². The monoisotopic (exact) mass is 458 g/mol. The van der Waals surface area contributed by atoms with Crippen LogP contribution in [-0.2, 0) is 25.8 Å². The summed E-state index contributed by atoms with van der Waals surface area (Å²) in [5, 5.41) is -7.11. The van der Waals surface area contributed by atoms with Crippen molar-refractivity contribution >= 4 is 26.8 Å². The Hall–Kier alpha value is -0.700. The summed E-state index contributed by atoms with van der Waals surface area (Å²) in [6.07, 6.45) is -3.06. The molecule has 0 atom stereocenters. The van der Waals surface area contributed by atoms with Crippen LogP contribution in [0.4, 0.5) is 39.5 Å². The average Bonchev–Trinajstić information content (AvgIpc) is 2.45. The largest absolute Gasteiger partial charge is 0.743 e. The van der Waals surface area contributed by atoms with E-state index in [0.717, 1.165) is 5.75 Å². The van der Waals surface area contributed by atoms with Crippen LogP contribution in [0.2, 0.25) is 0 Å². The first-order valence-electron chi connectivity index (χ1n) is 7.08. The quantitative estimate of drug-likeness (QED) is 0.360. The van der Waals surface area contributed by atoms with Crippen molar-refractivity contribution < 1.29 is 57.3 Å². The van der Waals surface area contributed by atoms with Crippen LogP contribution in [0.5, 0.6) is 0 Å². The number of alkyl halides is 9. The Morgan fingerprint density at radius 2 is 1.30 bits per heavy atom. The third kappa shape index (κ3) is 6.14. The summed E-state index contributed by atoms with van der Waals surface area (Å²) < 4.78 is 135. The van der Waals surface area contributed by atoms with Gasteiger partial charge in [0.1, 0.15) is 11.5 Å². The zero-order chi connectivity index (χ0) is 21.9. The zero-order valence-electron chi connectivity index (χ0n) is 13.6. The van der Waals surface area contributed by atoms with E-state index < -0.39 is 33.4 Å². The minimum Gasteiger partial charge on any atom is -0.743 e. The van der Waals surface area contributed by atoms with Crippen LogP contribution in [0, 0.1) is 0 Å². The van der Waals surface area contributed by atoms with E-state index in [-0.39, 0.29) is 0 Å². The van der Waals surface area contributed by atoms with Crippen molar-refractivity contribution in [2.75, 3.05) is 17.3 Å². The van der Waals surface area contributed by atoms with Gasteiger partial charge in [-0.05, 0) is 37.1 Å². The number of halogens is 9. The smallest absolute Gasteiger partial charge is 0.460 e. The average molecular weight is 458 g/mol. The van der Waals surface area contributed by atoms with E-state index in [1.807, 2.05) is 0 Å². The second-order valence-electron chi connectivity index (χ2n) is 5.55. The van der Waals surface area contributed by atoms with E-state index in [0.29, 0.717) is 16.7 Å². The van der Waals surface area contributed by atoms with Gasteiger partial charge < -0.3 is 4.55 Å². The van der Waals surface area contributed by atoms with Crippen LogP contribution >= 0.6 is 0 Å². The van der Waals surface area contributed by atoms with Gasteiger partial charge in [0.25, 0.3) is 0 Å². The van der Waals surface area contributed by atoms with E-state index in [1.165, 1.54) is 30.8 Å². The van der Waals surface area contributed by atoms with E-state index >= 15 is 0 Å². The summed E-state index contributed by atoms with van der Waals surface area (Å²) in [5.74, 6) is -10.9. The van der Waals surface area contributed by atoms with Crippen LogP contribution < -0.4 is 0 Å². The maximum Gasteiger partial charge on any atom is 0.460 e. The third-order valence-electron chi connectivity index (χ3n) is 3.20. The second kappa shape index (κ2) is 8.76. The number of hydrogen-bond acceptors (Lipinski definition) is 4. The van der Waals surface area contributed by atoms with Gasteiger partial charge in [-0.15, -0.1) is 0 Å². The summed E-state index contributed by atoms with van der Waals surface area (Å²) in [4.78, 5) is 10.7. The molecule has 27 heavy (non-hydrogen) atoms. The SMILES string of the molecule is CC(=O)C[S+]1CCCCC1.O=S(=O)([O-])C(F)(F)C(F)(F)C(F)(F)C(F)(F)F. The first-order chi connectivity index (χ1) is 11.8. The highest BCUT2D eigenvalue weighted by molar-refractivity contribution is 7.97. The van der Waals surface area contributed by atoms with Crippen LogP contribution in [0.1, 0.15) is 26.2 Å². The Kier molecular flexibility index (Phi) is 8.53. The molecule has 0 amide bonds. The number of hydrogen-bond donors (Lipinski definition) is 0. The first kappa shape index (κ1) is 26.3. The molecule has 0 spiro atoms. The molecule has 0 aromatic carbocycles. The minimum absolute atomic E-state index is 0.380. The Labute approximate surface area is 151 Å². The standard InChI is InChI=1S/C8H15OS.C4HF9O3S/c1-8(9)7-10-5-3-2-4-6-10;5-1(6,3(9,10)11)2(7,8)4(12,13)17(14,15)16/h2-7H2,1H3;(H,14,15,16)/q+1;/p-1. The molecule has 162 valence electrons. The first-order valence-corrected chi connectivity index (χ1v) is 10.2. The summed E-state index contributed by atoms with van der Waals surface area (Å²) >= 11 is 0. The molecular formula is C12H15F9O4S2. The molecule has 0 aromatic heterocycles. The van der Waals surface area contributed by atoms with Gasteiger partial charge in [0, 0.05) is 0 Å². The molecule has 15 heteroatoms. The van der Waals surface area contributed by atoms with Gasteiger partial charge in [-0.25, -0.2) is 8.42 Å². The number of ketones is 1. The Morgan fingerprint density at radius 1 is 0.889 bits per heavy atom. The Morgan fingerprint density at radius 3 is 1.59 bits per heavy atom. The highest BCUT2D eigenvalue weighted by atomic mass is 32.2. The van der Waals surface area contributed by atoms with Gasteiger partial charge in [-0.1, -0.05) is 0 Å². The maximum atomic E-state index is 12.2. The molecule has 1 aliphatic heterocycles.